The molecule has 2 aromatic heterocycles. The third-order valence-corrected chi connectivity index (χ3v) is 7.65. The molecular formula is C26H33N5O2S2. The van der Waals surface area contributed by atoms with E-state index in [1.807, 2.05) is 48.9 Å². The molecule has 1 aliphatic rings. The molecule has 186 valence electrons. The van der Waals surface area contributed by atoms with Crippen molar-refractivity contribution in [3.63, 3.8) is 0 Å². The highest BCUT2D eigenvalue weighted by molar-refractivity contribution is 7.80. The van der Waals surface area contributed by atoms with Crippen LogP contribution in [0.25, 0.3) is 11.1 Å². The molecule has 0 bridgehead atoms. The van der Waals surface area contributed by atoms with Crippen LogP contribution >= 0.6 is 23.6 Å². The summed E-state index contributed by atoms with van der Waals surface area (Å²) in [6.07, 6.45) is 2.15. The molecule has 9 heteroatoms. The molecule has 4 rings (SSSR count). The minimum absolute atomic E-state index is 0.324. The third-order valence-electron chi connectivity index (χ3n) is 6.27. The largest absolute Gasteiger partial charge is 0.462 e. The number of aryl methyl sites for hydroxylation is 3. The fraction of sp³-hybridized carbons (Fsp3) is 0.423. The van der Waals surface area contributed by atoms with E-state index < -0.39 is 0 Å². The Morgan fingerprint density at radius 2 is 1.86 bits per heavy atom. The van der Waals surface area contributed by atoms with E-state index in [1.165, 1.54) is 5.56 Å². The first-order chi connectivity index (χ1) is 16.9. The summed E-state index contributed by atoms with van der Waals surface area (Å²) in [4.78, 5) is 18.6. The zero-order valence-electron chi connectivity index (χ0n) is 20.8. The number of piperazine rings is 1. The van der Waals surface area contributed by atoms with E-state index >= 15 is 0 Å². The molecule has 0 amide bonds. The summed E-state index contributed by atoms with van der Waals surface area (Å²) < 4.78 is 7.41. The highest BCUT2D eigenvalue weighted by atomic mass is 32.1. The average Bonchev–Trinajstić information content (AvgIpc) is 3.38. The highest BCUT2D eigenvalue weighted by Crippen LogP contribution is 2.40. The Morgan fingerprint density at radius 1 is 1.14 bits per heavy atom. The normalized spacial score (nSPS) is 14.2. The Labute approximate surface area is 216 Å². The third kappa shape index (κ3) is 5.74. The van der Waals surface area contributed by atoms with E-state index in [0.717, 1.165) is 66.0 Å². The zero-order valence-corrected chi connectivity index (χ0v) is 22.5. The van der Waals surface area contributed by atoms with Gasteiger partial charge in [0.15, 0.2) is 5.11 Å². The molecule has 0 spiro atoms. The Kier molecular flexibility index (Phi) is 8.20. The Balaban J connectivity index is 1.45. The van der Waals surface area contributed by atoms with Gasteiger partial charge in [-0.25, -0.2) is 4.79 Å². The number of ether oxygens (including phenoxy) is 1. The van der Waals surface area contributed by atoms with Gasteiger partial charge in [-0.05, 0) is 45.5 Å². The minimum Gasteiger partial charge on any atom is -0.462 e. The van der Waals surface area contributed by atoms with Crippen molar-refractivity contribution in [2.24, 2.45) is 0 Å². The van der Waals surface area contributed by atoms with E-state index in [2.05, 4.69) is 40.3 Å². The van der Waals surface area contributed by atoms with Crippen LogP contribution in [0, 0.1) is 13.8 Å². The lowest BCUT2D eigenvalue weighted by molar-refractivity contribution is 0.0529. The number of thiophene rings is 1. The van der Waals surface area contributed by atoms with Crippen LogP contribution < -0.4 is 5.32 Å². The quantitative estimate of drug-likeness (QED) is 0.356. The molecule has 0 unspecified atom stereocenters. The SMILES string of the molecule is CCOC(=O)c1c(NC(=S)N2CCN(Cc3cn(CC)nc3C)CC2)sc(C)c1-c1ccccc1. The van der Waals surface area contributed by atoms with Crippen molar-refractivity contribution in [1.29, 1.82) is 0 Å². The van der Waals surface area contributed by atoms with Crippen LogP contribution in [-0.2, 0) is 17.8 Å². The van der Waals surface area contributed by atoms with Gasteiger partial charge in [0.1, 0.15) is 10.6 Å². The van der Waals surface area contributed by atoms with Gasteiger partial charge in [-0.1, -0.05) is 30.3 Å². The van der Waals surface area contributed by atoms with Crippen LogP contribution in [0.3, 0.4) is 0 Å². The Morgan fingerprint density at radius 3 is 2.49 bits per heavy atom. The van der Waals surface area contributed by atoms with E-state index in [-0.39, 0.29) is 5.97 Å². The molecule has 0 saturated carbocycles. The number of hydrogen-bond donors (Lipinski definition) is 1. The van der Waals surface area contributed by atoms with E-state index in [0.29, 0.717) is 17.3 Å². The van der Waals surface area contributed by atoms with Gasteiger partial charge < -0.3 is 15.0 Å². The van der Waals surface area contributed by atoms with Crippen LogP contribution in [-0.4, -0.2) is 63.4 Å². The number of rotatable bonds is 7. The van der Waals surface area contributed by atoms with E-state index in [9.17, 15) is 4.79 Å². The fourth-order valence-electron chi connectivity index (χ4n) is 4.39. The second-order valence-electron chi connectivity index (χ2n) is 8.61. The number of carbonyl (C=O) groups excluding carboxylic acids is 1. The van der Waals surface area contributed by atoms with Crippen molar-refractivity contribution in [1.82, 2.24) is 19.6 Å². The molecule has 0 radical (unpaired) electrons. The van der Waals surface area contributed by atoms with Crippen molar-refractivity contribution in [3.05, 3.63) is 58.2 Å². The zero-order chi connectivity index (χ0) is 24.9. The predicted molar refractivity (Wildman–Crippen MR) is 146 cm³/mol. The number of thiocarbonyl (C=S) groups is 1. The number of carbonyl (C=O) groups is 1. The van der Waals surface area contributed by atoms with Crippen molar-refractivity contribution >= 4 is 39.6 Å². The fourth-order valence-corrected chi connectivity index (χ4v) is 5.80. The summed E-state index contributed by atoms with van der Waals surface area (Å²) in [5, 5.41) is 9.33. The molecule has 1 saturated heterocycles. The molecular weight excluding hydrogens is 478 g/mol. The maximum Gasteiger partial charge on any atom is 0.341 e. The maximum atomic E-state index is 13.0. The van der Waals surface area contributed by atoms with Gasteiger partial charge in [0, 0.05) is 61.5 Å². The lowest BCUT2D eigenvalue weighted by atomic mass is 10.0. The summed E-state index contributed by atoms with van der Waals surface area (Å²) in [7, 11) is 0. The Bertz CT molecular complexity index is 1180. The first kappa shape index (κ1) is 25.3. The smallest absolute Gasteiger partial charge is 0.341 e. The lowest BCUT2D eigenvalue weighted by Gasteiger charge is -2.36. The molecule has 1 aliphatic heterocycles. The number of esters is 1. The summed E-state index contributed by atoms with van der Waals surface area (Å²) in [5.41, 5.74) is 4.85. The van der Waals surface area contributed by atoms with Crippen molar-refractivity contribution in [2.45, 2.75) is 40.8 Å². The minimum atomic E-state index is -0.325. The predicted octanol–water partition coefficient (Wildman–Crippen LogP) is 4.94. The highest BCUT2D eigenvalue weighted by Gasteiger charge is 2.27. The van der Waals surface area contributed by atoms with Gasteiger partial charge in [0.2, 0.25) is 0 Å². The van der Waals surface area contributed by atoms with Crippen LogP contribution in [0.5, 0.6) is 0 Å². The molecule has 0 aliphatic carbocycles. The summed E-state index contributed by atoms with van der Waals surface area (Å²) in [6.45, 7) is 13.6. The van der Waals surface area contributed by atoms with Gasteiger partial charge in [0.25, 0.3) is 0 Å². The first-order valence-electron chi connectivity index (χ1n) is 12.1. The number of aromatic nitrogens is 2. The van der Waals surface area contributed by atoms with Crippen molar-refractivity contribution in [3.8, 4) is 11.1 Å². The van der Waals surface area contributed by atoms with Crippen LogP contribution in [0.1, 0.15) is 40.3 Å². The molecule has 1 fully saturated rings. The molecule has 35 heavy (non-hydrogen) atoms. The first-order valence-corrected chi connectivity index (χ1v) is 13.3. The monoisotopic (exact) mass is 511 g/mol. The second-order valence-corrected chi connectivity index (χ2v) is 10.2. The molecule has 1 N–H and O–H groups in total. The van der Waals surface area contributed by atoms with E-state index in [1.54, 1.807) is 11.3 Å². The van der Waals surface area contributed by atoms with Crippen LogP contribution in [0.15, 0.2) is 36.5 Å². The lowest BCUT2D eigenvalue weighted by Crippen LogP contribution is -2.49. The molecule has 3 aromatic rings. The van der Waals surface area contributed by atoms with Gasteiger partial charge in [0.05, 0.1) is 12.3 Å². The van der Waals surface area contributed by atoms with E-state index in [4.69, 9.17) is 17.0 Å². The van der Waals surface area contributed by atoms with Gasteiger partial charge in [-0.2, -0.15) is 5.10 Å². The molecule has 0 atom stereocenters. The number of anilines is 1. The van der Waals surface area contributed by atoms with Gasteiger partial charge in [-0.3, -0.25) is 9.58 Å². The molecule has 7 nitrogen and oxygen atoms in total. The van der Waals surface area contributed by atoms with Gasteiger partial charge in [-0.15, -0.1) is 11.3 Å². The average molecular weight is 512 g/mol. The standard InChI is InChI=1S/C26H33N5O2S2/c1-5-31-17-21(18(3)28-31)16-29-12-14-30(15-13-29)26(34)27-24-23(25(32)33-6-2)22(19(4)35-24)20-10-8-7-9-11-20/h7-11,17H,5-6,12-16H2,1-4H3,(H,27,34). The molecule has 3 heterocycles. The van der Waals surface area contributed by atoms with Gasteiger partial charge >= 0.3 is 5.97 Å². The Hall–Kier alpha value is -2.75. The number of nitrogens with one attached hydrogen (secondary N) is 1. The molecule has 1 aromatic carbocycles. The van der Waals surface area contributed by atoms with Crippen LogP contribution in [0.2, 0.25) is 0 Å². The number of nitrogens with zero attached hydrogens (tertiary/aromatic N) is 4. The van der Waals surface area contributed by atoms with Crippen molar-refractivity contribution < 1.29 is 9.53 Å². The summed E-state index contributed by atoms with van der Waals surface area (Å²) in [5.74, 6) is -0.325. The summed E-state index contributed by atoms with van der Waals surface area (Å²) >= 11 is 7.33. The van der Waals surface area contributed by atoms with Crippen molar-refractivity contribution in [2.75, 3.05) is 38.1 Å². The van der Waals surface area contributed by atoms with Crippen LogP contribution in [0.4, 0.5) is 5.00 Å². The maximum absolute atomic E-state index is 13.0. The topological polar surface area (TPSA) is 62.6 Å². The number of benzene rings is 1. The summed E-state index contributed by atoms with van der Waals surface area (Å²) in [6, 6.07) is 9.97. The number of hydrogen-bond acceptors (Lipinski definition) is 6. The second kappa shape index (κ2) is 11.3.